The molecule has 1 aliphatic heterocycles. The molecule has 1 N–H and O–H groups in total. The summed E-state index contributed by atoms with van der Waals surface area (Å²) >= 11 is 7.19. The zero-order chi connectivity index (χ0) is 14.7. The predicted octanol–water partition coefficient (Wildman–Crippen LogP) is 4.71. The zero-order valence-corrected chi connectivity index (χ0v) is 14.9. The maximum absolute atomic E-state index is 4.73. The minimum absolute atomic E-state index is 0.798. The second-order valence-corrected chi connectivity index (χ2v) is 7.63. The van der Waals surface area contributed by atoms with Crippen molar-refractivity contribution in [2.24, 2.45) is 0 Å². The van der Waals surface area contributed by atoms with Crippen molar-refractivity contribution in [1.82, 2.24) is 9.97 Å². The van der Waals surface area contributed by atoms with Gasteiger partial charge in [0.1, 0.15) is 11.6 Å². The molecular weight excluding hydrogens is 366 g/mol. The van der Waals surface area contributed by atoms with E-state index in [0.717, 1.165) is 39.9 Å². The van der Waals surface area contributed by atoms with Crippen molar-refractivity contribution in [3.8, 4) is 0 Å². The molecule has 0 saturated heterocycles. The van der Waals surface area contributed by atoms with E-state index in [1.54, 1.807) is 11.8 Å². The minimum atomic E-state index is 0.798. The third-order valence-corrected chi connectivity index (χ3v) is 5.59. The predicted molar refractivity (Wildman–Crippen MR) is 94.9 cm³/mol. The summed E-state index contributed by atoms with van der Waals surface area (Å²) in [4.78, 5) is 10.7. The van der Waals surface area contributed by atoms with Gasteiger partial charge < -0.3 is 5.32 Å². The molecule has 3 nitrogen and oxygen atoms in total. The molecule has 2 heterocycles. The Balaban J connectivity index is 1.78. The number of benzene rings is 1. The Hall–Kier alpha value is -0.720. The molecule has 0 fully saturated rings. The first-order valence-corrected chi connectivity index (χ1v) is 9.78. The standard InChI is InChI=1S/C15H16BrN3S2/c1-2-17-15-12-7-20-8-13(12)18-14(19-15)9-21-11-5-3-4-10(16)6-11/h3-6H,2,7-9H2,1H3,(H,17,18,19). The van der Waals surface area contributed by atoms with Gasteiger partial charge in [-0.15, -0.1) is 11.8 Å². The van der Waals surface area contributed by atoms with Crippen LogP contribution < -0.4 is 5.32 Å². The average molecular weight is 382 g/mol. The van der Waals surface area contributed by atoms with Gasteiger partial charge in [-0.3, -0.25) is 0 Å². The molecule has 0 spiro atoms. The van der Waals surface area contributed by atoms with Crippen LogP contribution in [0.5, 0.6) is 0 Å². The Morgan fingerprint density at radius 3 is 3.05 bits per heavy atom. The van der Waals surface area contributed by atoms with Gasteiger partial charge in [0.15, 0.2) is 0 Å². The van der Waals surface area contributed by atoms with E-state index in [-0.39, 0.29) is 0 Å². The summed E-state index contributed by atoms with van der Waals surface area (Å²) in [6.07, 6.45) is 0. The van der Waals surface area contributed by atoms with Gasteiger partial charge in [0, 0.05) is 33.0 Å². The molecule has 2 aromatic rings. The molecule has 0 amide bonds. The zero-order valence-electron chi connectivity index (χ0n) is 11.7. The van der Waals surface area contributed by atoms with Gasteiger partial charge in [0.2, 0.25) is 0 Å². The number of rotatable bonds is 5. The van der Waals surface area contributed by atoms with E-state index in [0.29, 0.717) is 0 Å². The number of anilines is 1. The maximum Gasteiger partial charge on any atom is 0.141 e. The van der Waals surface area contributed by atoms with Crippen molar-refractivity contribution in [1.29, 1.82) is 0 Å². The van der Waals surface area contributed by atoms with Crippen molar-refractivity contribution in [3.05, 3.63) is 45.8 Å². The van der Waals surface area contributed by atoms with Gasteiger partial charge in [-0.05, 0) is 25.1 Å². The SMILES string of the molecule is CCNc1nc(CSc2cccc(Br)c2)nc2c1CSC2. The van der Waals surface area contributed by atoms with Gasteiger partial charge in [-0.25, -0.2) is 9.97 Å². The van der Waals surface area contributed by atoms with Crippen LogP contribution in [0.1, 0.15) is 24.0 Å². The van der Waals surface area contributed by atoms with Crippen LogP contribution >= 0.6 is 39.5 Å². The molecule has 6 heteroatoms. The quantitative estimate of drug-likeness (QED) is 0.758. The van der Waals surface area contributed by atoms with Gasteiger partial charge in [0.05, 0.1) is 11.4 Å². The lowest BCUT2D eigenvalue weighted by Crippen LogP contribution is -2.08. The van der Waals surface area contributed by atoms with Crippen LogP contribution in [-0.4, -0.2) is 16.5 Å². The molecule has 110 valence electrons. The summed E-state index contributed by atoms with van der Waals surface area (Å²) in [5, 5.41) is 3.37. The van der Waals surface area contributed by atoms with E-state index < -0.39 is 0 Å². The Morgan fingerprint density at radius 2 is 2.24 bits per heavy atom. The fourth-order valence-corrected chi connectivity index (χ4v) is 4.59. The molecule has 0 radical (unpaired) electrons. The van der Waals surface area contributed by atoms with E-state index in [1.807, 2.05) is 17.8 Å². The molecule has 21 heavy (non-hydrogen) atoms. The maximum atomic E-state index is 4.73. The van der Waals surface area contributed by atoms with Crippen LogP contribution in [-0.2, 0) is 17.3 Å². The number of nitrogens with zero attached hydrogens (tertiary/aromatic N) is 2. The molecule has 3 rings (SSSR count). The highest BCUT2D eigenvalue weighted by Crippen LogP contribution is 2.33. The van der Waals surface area contributed by atoms with E-state index >= 15 is 0 Å². The molecule has 0 unspecified atom stereocenters. The van der Waals surface area contributed by atoms with Crippen LogP contribution in [0.15, 0.2) is 33.6 Å². The van der Waals surface area contributed by atoms with Crippen molar-refractivity contribution >= 4 is 45.3 Å². The summed E-state index contributed by atoms with van der Waals surface area (Å²) in [6, 6.07) is 8.33. The van der Waals surface area contributed by atoms with Crippen LogP contribution in [0.2, 0.25) is 0 Å². The molecule has 0 saturated carbocycles. The molecule has 1 aliphatic rings. The van der Waals surface area contributed by atoms with Crippen LogP contribution in [0.3, 0.4) is 0 Å². The highest BCUT2D eigenvalue weighted by Gasteiger charge is 2.19. The monoisotopic (exact) mass is 381 g/mol. The van der Waals surface area contributed by atoms with Crippen LogP contribution in [0.4, 0.5) is 5.82 Å². The number of aromatic nitrogens is 2. The number of halogens is 1. The molecule has 0 bridgehead atoms. The van der Waals surface area contributed by atoms with E-state index in [1.165, 1.54) is 16.2 Å². The number of nitrogens with one attached hydrogen (secondary N) is 1. The van der Waals surface area contributed by atoms with Crippen LogP contribution in [0, 0.1) is 0 Å². The normalized spacial score (nSPS) is 13.2. The number of hydrogen-bond acceptors (Lipinski definition) is 5. The van der Waals surface area contributed by atoms with Gasteiger partial charge in [-0.2, -0.15) is 11.8 Å². The molecule has 1 aromatic heterocycles. The number of hydrogen-bond donors (Lipinski definition) is 1. The van der Waals surface area contributed by atoms with E-state index in [2.05, 4.69) is 46.4 Å². The highest BCUT2D eigenvalue weighted by atomic mass is 79.9. The Labute approximate surface area is 141 Å². The highest BCUT2D eigenvalue weighted by molar-refractivity contribution is 9.10. The first kappa shape index (κ1) is 15.2. The largest absolute Gasteiger partial charge is 0.370 e. The smallest absolute Gasteiger partial charge is 0.141 e. The topological polar surface area (TPSA) is 37.8 Å². The summed E-state index contributed by atoms with van der Waals surface area (Å²) in [6.45, 7) is 3.00. The lowest BCUT2D eigenvalue weighted by molar-refractivity contribution is 0.965. The molecule has 0 aliphatic carbocycles. The van der Waals surface area contributed by atoms with Crippen molar-refractivity contribution < 1.29 is 0 Å². The summed E-state index contributed by atoms with van der Waals surface area (Å²) in [5.74, 6) is 4.77. The number of thioether (sulfide) groups is 2. The van der Waals surface area contributed by atoms with Crippen molar-refractivity contribution in [2.45, 2.75) is 29.1 Å². The van der Waals surface area contributed by atoms with Gasteiger partial charge in [-0.1, -0.05) is 22.0 Å². The van der Waals surface area contributed by atoms with Crippen LogP contribution in [0.25, 0.3) is 0 Å². The first-order valence-electron chi connectivity index (χ1n) is 6.85. The molecular formula is C15H16BrN3S2. The Kier molecular flexibility index (Phi) is 5.08. The lowest BCUT2D eigenvalue weighted by Gasteiger charge is -2.10. The van der Waals surface area contributed by atoms with Gasteiger partial charge >= 0.3 is 0 Å². The second-order valence-electron chi connectivity index (χ2n) is 4.68. The Bertz CT molecular complexity index is 649. The average Bonchev–Trinajstić information content (AvgIpc) is 2.94. The molecule has 0 atom stereocenters. The summed E-state index contributed by atoms with van der Waals surface area (Å²) in [7, 11) is 0. The Morgan fingerprint density at radius 1 is 1.33 bits per heavy atom. The second kappa shape index (κ2) is 7.03. The number of fused-ring (bicyclic) bond motifs is 1. The fourth-order valence-electron chi connectivity index (χ4n) is 2.19. The molecule has 1 aromatic carbocycles. The minimum Gasteiger partial charge on any atom is -0.370 e. The third kappa shape index (κ3) is 3.73. The van der Waals surface area contributed by atoms with Gasteiger partial charge in [0.25, 0.3) is 0 Å². The van der Waals surface area contributed by atoms with E-state index in [4.69, 9.17) is 9.97 Å². The lowest BCUT2D eigenvalue weighted by atomic mass is 10.2. The summed E-state index contributed by atoms with van der Waals surface area (Å²) in [5.41, 5.74) is 2.49. The van der Waals surface area contributed by atoms with Crippen molar-refractivity contribution in [3.63, 3.8) is 0 Å². The fraction of sp³-hybridized carbons (Fsp3) is 0.333. The first-order chi connectivity index (χ1) is 10.3. The third-order valence-electron chi connectivity index (χ3n) is 3.13. The summed E-state index contributed by atoms with van der Waals surface area (Å²) < 4.78 is 1.10. The van der Waals surface area contributed by atoms with Crippen molar-refractivity contribution in [2.75, 3.05) is 11.9 Å². The van der Waals surface area contributed by atoms with E-state index in [9.17, 15) is 0 Å².